The number of aromatic amines is 1. The minimum atomic E-state index is -0.888. The smallest absolute Gasteiger partial charge is 0.337 e. The van der Waals surface area contributed by atoms with Crippen LogP contribution in [0.25, 0.3) is 22.5 Å². The average molecular weight is 458 g/mol. The molecule has 1 aliphatic heterocycles. The Kier molecular flexibility index (Phi) is 5.19. The Bertz CT molecular complexity index is 1270. The molecule has 0 amide bonds. The lowest BCUT2D eigenvalue weighted by Gasteiger charge is -2.31. The van der Waals surface area contributed by atoms with E-state index in [4.69, 9.17) is 10.7 Å². The number of rotatable bonds is 5. The topological polar surface area (TPSA) is 107 Å². The Morgan fingerprint density at radius 2 is 1.97 bits per heavy atom. The summed E-state index contributed by atoms with van der Waals surface area (Å²) in [6.07, 6.45) is 5.57. The maximum absolute atomic E-state index is 12.3. The van der Waals surface area contributed by atoms with Crippen molar-refractivity contribution in [1.29, 1.82) is 0 Å². The first-order chi connectivity index (χ1) is 16.5. The number of H-pyrrole nitrogens is 1. The summed E-state index contributed by atoms with van der Waals surface area (Å²) in [6.45, 7) is 6.00. The molecule has 34 heavy (non-hydrogen) atoms. The van der Waals surface area contributed by atoms with Crippen LogP contribution in [-0.2, 0) is 12.8 Å². The zero-order valence-electron chi connectivity index (χ0n) is 19.5. The summed E-state index contributed by atoms with van der Waals surface area (Å²) in [7, 11) is 0. The standard InChI is InChI=1S/C27H31N5O2/c1-15-2-6-18(22(12-15)32-10-8-29-9-11-32)21-13-20-17(14-30-21)5-7-19-23(27(33)34)26(31-25(19)20)24(28)16-3-4-16/h2,6,12-14,16,24,29,31H,3-5,7-11,28H2,1H3,(H,33,34). The molecule has 3 heterocycles. The number of hydrogen-bond donors (Lipinski definition) is 4. The number of piperazine rings is 1. The second kappa shape index (κ2) is 8.25. The van der Waals surface area contributed by atoms with Gasteiger partial charge in [-0.1, -0.05) is 12.1 Å². The van der Waals surface area contributed by atoms with Crippen LogP contribution in [0.1, 0.15) is 51.6 Å². The van der Waals surface area contributed by atoms with Crippen molar-refractivity contribution < 1.29 is 9.90 Å². The normalized spacial score (nSPS) is 18.4. The molecule has 0 spiro atoms. The lowest BCUT2D eigenvalue weighted by Crippen LogP contribution is -2.43. The van der Waals surface area contributed by atoms with E-state index >= 15 is 0 Å². The molecule has 0 radical (unpaired) electrons. The fourth-order valence-corrected chi connectivity index (χ4v) is 5.57. The average Bonchev–Trinajstić information content (AvgIpc) is 3.62. The SMILES string of the molecule is Cc1ccc(-c2cc3c(cn2)CCc2c-3[nH]c(C(N)C3CC3)c2C(=O)O)c(N2CCNCC2)c1. The predicted molar refractivity (Wildman–Crippen MR) is 133 cm³/mol. The molecule has 2 aromatic heterocycles. The zero-order valence-corrected chi connectivity index (χ0v) is 19.5. The largest absolute Gasteiger partial charge is 0.478 e. The molecule has 7 heteroatoms. The van der Waals surface area contributed by atoms with Gasteiger partial charge in [-0.2, -0.15) is 0 Å². The molecule has 1 atom stereocenters. The number of nitrogens with zero attached hydrogens (tertiary/aromatic N) is 2. The van der Waals surface area contributed by atoms with Crippen molar-refractivity contribution in [3.8, 4) is 22.5 Å². The van der Waals surface area contributed by atoms with E-state index < -0.39 is 5.97 Å². The number of carboxylic acid groups (broad SMARTS) is 1. The number of anilines is 1. The van der Waals surface area contributed by atoms with Gasteiger partial charge >= 0.3 is 5.97 Å². The highest BCUT2D eigenvalue weighted by Gasteiger charge is 2.36. The maximum atomic E-state index is 12.3. The Balaban J connectivity index is 1.47. The number of carboxylic acids is 1. The minimum absolute atomic E-state index is 0.252. The van der Waals surface area contributed by atoms with Crippen LogP contribution >= 0.6 is 0 Å². The van der Waals surface area contributed by atoms with Gasteiger partial charge in [0, 0.05) is 60.9 Å². The van der Waals surface area contributed by atoms with E-state index in [1.807, 2.05) is 6.20 Å². The molecular weight excluding hydrogens is 426 g/mol. The zero-order chi connectivity index (χ0) is 23.4. The fraction of sp³-hybridized carbons (Fsp3) is 0.407. The van der Waals surface area contributed by atoms with Crippen LogP contribution in [0.2, 0.25) is 0 Å². The van der Waals surface area contributed by atoms with E-state index in [1.54, 1.807) is 0 Å². The number of fused-ring (bicyclic) bond motifs is 3. The third-order valence-corrected chi connectivity index (χ3v) is 7.60. The van der Waals surface area contributed by atoms with Crippen LogP contribution in [0.3, 0.4) is 0 Å². The van der Waals surface area contributed by atoms with Crippen LogP contribution in [0.5, 0.6) is 0 Å². The highest BCUT2D eigenvalue weighted by atomic mass is 16.4. The summed E-state index contributed by atoms with van der Waals surface area (Å²) < 4.78 is 0. The van der Waals surface area contributed by atoms with E-state index in [2.05, 4.69) is 46.4 Å². The van der Waals surface area contributed by atoms with Crippen molar-refractivity contribution in [2.24, 2.45) is 11.7 Å². The van der Waals surface area contributed by atoms with Gasteiger partial charge in [0.05, 0.1) is 17.0 Å². The van der Waals surface area contributed by atoms with Gasteiger partial charge in [-0.3, -0.25) is 4.98 Å². The van der Waals surface area contributed by atoms with Crippen LogP contribution in [0.15, 0.2) is 30.5 Å². The summed E-state index contributed by atoms with van der Waals surface area (Å²) in [5.41, 5.74) is 16.0. The summed E-state index contributed by atoms with van der Waals surface area (Å²) in [5.74, 6) is -0.513. The summed E-state index contributed by atoms with van der Waals surface area (Å²) >= 11 is 0. The second-order valence-corrected chi connectivity index (χ2v) is 9.92. The molecule has 1 saturated heterocycles. The Morgan fingerprint density at radius 1 is 1.18 bits per heavy atom. The van der Waals surface area contributed by atoms with Crippen LogP contribution in [-0.4, -0.2) is 47.2 Å². The molecule has 7 nitrogen and oxygen atoms in total. The van der Waals surface area contributed by atoms with Crippen molar-refractivity contribution in [2.45, 2.75) is 38.6 Å². The summed E-state index contributed by atoms with van der Waals surface area (Å²) in [6, 6.07) is 8.43. The minimum Gasteiger partial charge on any atom is -0.478 e. The molecular formula is C27H31N5O2. The molecule has 2 aliphatic carbocycles. The molecule has 2 fully saturated rings. The maximum Gasteiger partial charge on any atom is 0.337 e. The third kappa shape index (κ3) is 3.60. The fourth-order valence-electron chi connectivity index (χ4n) is 5.57. The Labute approximate surface area is 199 Å². The van der Waals surface area contributed by atoms with Crippen molar-refractivity contribution in [3.63, 3.8) is 0 Å². The van der Waals surface area contributed by atoms with Gasteiger partial charge in [0.25, 0.3) is 0 Å². The second-order valence-electron chi connectivity index (χ2n) is 9.92. The van der Waals surface area contributed by atoms with E-state index in [1.165, 1.54) is 11.3 Å². The van der Waals surface area contributed by atoms with E-state index in [9.17, 15) is 9.90 Å². The molecule has 6 rings (SSSR count). The van der Waals surface area contributed by atoms with Gasteiger partial charge in [0.15, 0.2) is 0 Å². The molecule has 1 aromatic carbocycles. The monoisotopic (exact) mass is 457 g/mol. The number of carbonyl (C=O) groups is 1. The molecule has 5 N–H and O–H groups in total. The van der Waals surface area contributed by atoms with Crippen LogP contribution < -0.4 is 16.0 Å². The third-order valence-electron chi connectivity index (χ3n) is 7.60. The first-order valence-electron chi connectivity index (χ1n) is 12.3. The Morgan fingerprint density at radius 3 is 2.71 bits per heavy atom. The highest BCUT2D eigenvalue weighted by molar-refractivity contribution is 5.95. The number of aryl methyl sites for hydroxylation is 2. The van der Waals surface area contributed by atoms with Gasteiger partial charge in [-0.25, -0.2) is 4.79 Å². The summed E-state index contributed by atoms with van der Waals surface area (Å²) in [5, 5.41) is 13.5. The van der Waals surface area contributed by atoms with Crippen molar-refractivity contribution in [1.82, 2.24) is 15.3 Å². The van der Waals surface area contributed by atoms with Gasteiger partial charge in [0.1, 0.15) is 0 Å². The van der Waals surface area contributed by atoms with Gasteiger partial charge < -0.3 is 26.0 Å². The van der Waals surface area contributed by atoms with Crippen molar-refractivity contribution in [3.05, 3.63) is 58.4 Å². The number of nitrogens with two attached hydrogens (primary N) is 1. The number of nitrogens with one attached hydrogen (secondary N) is 2. The molecule has 3 aromatic rings. The van der Waals surface area contributed by atoms with Gasteiger partial charge in [-0.05, 0) is 67.3 Å². The number of hydrogen-bond acceptors (Lipinski definition) is 5. The molecule has 1 saturated carbocycles. The number of pyridine rings is 1. The first-order valence-corrected chi connectivity index (χ1v) is 12.3. The lowest BCUT2D eigenvalue weighted by atomic mass is 9.88. The van der Waals surface area contributed by atoms with Crippen LogP contribution in [0, 0.1) is 12.8 Å². The number of aromatic carboxylic acids is 1. The lowest BCUT2D eigenvalue weighted by molar-refractivity contribution is 0.0694. The van der Waals surface area contributed by atoms with Gasteiger partial charge in [0.2, 0.25) is 0 Å². The van der Waals surface area contributed by atoms with E-state index in [0.717, 1.165) is 79.1 Å². The number of aromatic nitrogens is 2. The Hall–Kier alpha value is -3.16. The molecule has 3 aliphatic rings. The van der Waals surface area contributed by atoms with E-state index in [0.29, 0.717) is 23.6 Å². The first kappa shape index (κ1) is 21.4. The van der Waals surface area contributed by atoms with Crippen LogP contribution in [0.4, 0.5) is 5.69 Å². The molecule has 1 unspecified atom stereocenters. The van der Waals surface area contributed by atoms with E-state index in [-0.39, 0.29) is 6.04 Å². The summed E-state index contributed by atoms with van der Waals surface area (Å²) in [4.78, 5) is 23.0. The highest BCUT2D eigenvalue weighted by Crippen LogP contribution is 2.45. The predicted octanol–water partition coefficient (Wildman–Crippen LogP) is 3.67. The van der Waals surface area contributed by atoms with Crippen molar-refractivity contribution in [2.75, 3.05) is 31.1 Å². The molecule has 0 bridgehead atoms. The quantitative estimate of drug-likeness (QED) is 0.466. The molecule has 176 valence electrons. The number of benzene rings is 1. The van der Waals surface area contributed by atoms with Gasteiger partial charge in [-0.15, -0.1) is 0 Å². The van der Waals surface area contributed by atoms with Crippen molar-refractivity contribution >= 4 is 11.7 Å².